The molecule has 4 nitrogen and oxygen atoms in total. The smallest absolute Gasteiger partial charge is 0.244 e. The third-order valence-corrected chi connectivity index (χ3v) is 6.00. The highest BCUT2D eigenvalue weighted by Crippen LogP contribution is 2.28. The largest absolute Gasteiger partial charge is 0.315 e. The van der Waals surface area contributed by atoms with Crippen molar-refractivity contribution in [2.24, 2.45) is 0 Å². The number of rotatable bonds is 7. The standard InChI is InChI=1S/C12H22N2O2S2/c1-5-7-14(6-2)18(15,16)12-8-11(9-13-4)17-10(12)3/h8,13H,5-7,9H2,1-4H3. The Bertz CT molecular complexity index is 480. The summed E-state index contributed by atoms with van der Waals surface area (Å²) in [6.45, 7) is 7.55. The van der Waals surface area contributed by atoms with Gasteiger partial charge in [0.05, 0.1) is 4.90 Å². The van der Waals surface area contributed by atoms with E-state index in [0.717, 1.165) is 16.2 Å². The summed E-state index contributed by atoms with van der Waals surface area (Å²) in [6.07, 6.45) is 0.833. The van der Waals surface area contributed by atoms with Crippen LogP contribution in [0.3, 0.4) is 0 Å². The Morgan fingerprint density at radius 1 is 1.39 bits per heavy atom. The number of nitrogens with zero attached hydrogens (tertiary/aromatic N) is 1. The maximum Gasteiger partial charge on any atom is 0.244 e. The molecule has 6 heteroatoms. The van der Waals surface area contributed by atoms with E-state index in [-0.39, 0.29) is 0 Å². The van der Waals surface area contributed by atoms with E-state index in [4.69, 9.17) is 0 Å². The summed E-state index contributed by atoms with van der Waals surface area (Å²) in [5.41, 5.74) is 0. The summed E-state index contributed by atoms with van der Waals surface area (Å²) >= 11 is 1.54. The SMILES string of the molecule is CCCN(CC)S(=O)(=O)c1cc(CNC)sc1C. The Morgan fingerprint density at radius 2 is 2.06 bits per heavy atom. The molecule has 0 amide bonds. The third kappa shape index (κ3) is 3.32. The van der Waals surface area contributed by atoms with Crippen LogP contribution in [0, 0.1) is 6.92 Å². The van der Waals surface area contributed by atoms with Crippen LogP contribution < -0.4 is 5.32 Å². The molecule has 1 aromatic rings. The highest BCUT2D eigenvalue weighted by molar-refractivity contribution is 7.89. The molecule has 1 rings (SSSR count). The molecule has 0 spiro atoms. The molecule has 0 aliphatic carbocycles. The van der Waals surface area contributed by atoms with E-state index >= 15 is 0 Å². The number of hydrogen-bond donors (Lipinski definition) is 1. The molecule has 0 aliphatic heterocycles. The van der Waals surface area contributed by atoms with Gasteiger partial charge >= 0.3 is 0 Å². The molecule has 0 radical (unpaired) electrons. The fourth-order valence-electron chi connectivity index (χ4n) is 1.88. The van der Waals surface area contributed by atoms with Gasteiger partial charge in [-0.1, -0.05) is 13.8 Å². The average Bonchev–Trinajstić information content (AvgIpc) is 2.68. The molecule has 1 N–H and O–H groups in total. The van der Waals surface area contributed by atoms with Crippen molar-refractivity contribution in [2.45, 2.75) is 38.6 Å². The first-order valence-corrected chi connectivity index (χ1v) is 8.47. The van der Waals surface area contributed by atoms with Crippen molar-refractivity contribution in [1.29, 1.82) is 0 Å². The number of nitrogens with one attached hydrogen (secondary N) is 1. The highest BCUT2D eigenvalue weighted by Gasteiger charge is 2.25. The van der Waals surface area contributed by atoms with E-state index in [1.165, 1.54) is 0 Å². The zero-order valence-electron chi connectivity index (χ0n) is 11.5. The summed E-state index contributed by atoms with van der Waals surface area (Å²) in [5.74, 6) is 0. The van der Waals surface area contributed by atoms with Gasteiger partial charge in [-0.25, -0.2) is 8.42 Å². The Kier molecular flexibility index (Phi) is 5.78. The van der Waals surface area contributed by atoms with Crippen LogP contribution >= 0.6 is 11.3 Å². The molecule has 0 unspecified atom stereocenters. The number of sulfonamides is 1. The first-order valence-electron chi connectivity index (χ1n) is 6.21. The Labute approximate surface area is 114 Å². The van der Waals surface area contributed by atoms with Crippen molar-refractivity contribution in [2.75, 3.05) is 20.1 Å². The molecule has 0 saturated carbocycles. The summed E-state index contributed by atoms with van der Waals surface area (Å²) in [5, 5.41) is 3.05. The van der Waals surface area contributed by atoms with Gasteiger partial charge in [0, 0.05) is 29.4 Å². The molecule has 0 aromatic carbocycles. The van der Waals surface area contributed by atoms with Crippen LogP contribution in [0.1, 0.15) is 30.0 Å². The van der Waals surface area contributed by atoms with Gasteiger partial charge in [-0.15, -0.1) is 11.3 Å². The summed E-state index contributed by atoms with van der Waals surface area (Å²) in [7, 11) is -1.47. The highest BCUT2D eigenvalue weighted by atomic mass is 32.2. The van der Waals surface area contributed by atoms with E-state index in [9.17, 15) is 8.42 Å². The molecule has 0 saturated heterocycles. The summed E-state index contributed by atoms with van der Waals surface area (Å²) < 4.78 is 26.6. The topological polar surface area (TPSA) is 49.4 Å². The van der Waals surface area contributed by atoms with Crippen molar-refractivity contribution in [3.05, 3.63) is 15.8 Å². The number of hydrogen-bond acceptors (Lipinski definition) is 4. The third-order valence-electron chi connectivity index (χ3n) is 2.72. The fourth-order valence-corrected chi connectivity index (χ4v) is 5.04. The van der Waals surface area contributed by atoms with Crippen molar-refractivity contribution >= 4 is 21.4 Å². The zero-order valence-corrected chi connectivity index (χ0v) is 13.1. The molecule has 18 heavy (non-hydrogen) atoms. The molecule has 1 heterocycles. The van der Waals surface area contributed by atoms with E-state index in [1.54, 1.807) is 21.7 Å². The minimum Gasteiger partial charge on any atom is -0.315 e. The lowest BCUT2D eigenvalue weighted by Gasteiger charge is -2.19. The minimum atomic E-state index is -3.33. The van der Waals surface area contributed by atoms with E-state index in [2.05, 4.69) is 5.32 Å². The van der Waals surface area contributed by atoms with Crippen molar-refractivity contribution in [1.82, 2.24) is 9.62 Å². The predicted octanol–water partition coefficient (Wildman–Crippen LogP) is 2.20. The lowest BCUT2D eigenvalue weighted by atomic mass is 10.4. The second-order valence-electron chi connectivity index (χ2n) is 4.16. The molecular formula is C12H22N2O2S2. The van der Waals surface area contributed by atoms with Crippen LogP contribution in [0.5, 0.6) is 0 Å². The molecule has 104 valence electrons. The normalized spacial score (nSPS) is 12.3. The zero-order chi connectivity index (χ0) is 13.8. The monoisotopic (exact) mass is 290 g/mol. The number of aryl methyl sites for hydroxylation is 1. The van der Waals surface area contributed by atoms with Crippen molar-refractivity contribution in [3.63, 3.8) is 0 Å². The fraction of sp³-hybridized carbons (Fsp3) is 0.667. The van der Waals surface area contributed by atoms with Gasteiger partial charge in [0.15, 0.2) is 0 Å². The summed E-state index contributed by atoms with van der Waals surface area (Å²) in [4.78, 5) is 2.39. The minimum absolute atomic E-state index is 0.466. The Balaban J connectivity index is 3.10. The van der Waals surface area contributed by atoms with Crippen LogP contribution in [-0.2, 0) is 16.6 Å². The van der Waals surface area contributed by atoms with Crippen molar-refractivity contribution in [3.8, 4) is 0 Å². The van der Waals surface area contributed by atoms with Crippen LogP contribution in [-0.4, -0.2) is 32.9 Å². The van der Waals surface area contributed by atoms with E-state index < -0.39 is 10.0 Å². The Hall–Kier alpha value is -0.430. The van der Waals surface area contributed by atoms with Gasteiger partial charge in [0.25, 0.3) is 0 Å². The predicted molar refractivity (Wildman–Crippen MR) is 76.5 cm³/mol. The van der Waals surface area contributed by atoms with Crippen LogP contribution in [0.25, 0.3) is 0 Å². The van der Waals surface area contributed by atoms with Crippen LogP contribution in [0.2, 0.25) is 0 Å². The number of thiophene rings is 1. The van der Waals surface area contributed by atoms with Crippen LogP contribution in [0.15, 0.2) is 11.0 Å². The Morgan fingerprint density at radius 3 is 2.56 bits per heavy atom. The molecular weight excluding hydrogens is 268 g/mol. The first-order chi connectivity index (χ1) is 8.47. The lowest BCUT2D eigenvalue weighted by Crippen LogP contribution is -2.31. The van der Waals surface area contributed by atoms with E-state index in [0.29, 0.717) is 24.5 Å². The molecule has 0 fully saturated rings. The lowest BCUT2D eigenvalue weighted by molar-refractivity contribution is 0.427. The second kappa shape index (κ2) is 6.65. The van der Waals surface area contributed by atoms with Gasteiger partial charge in [0.1, 0.15) is 0 Å². The van der Waals surface area contributed by atoms with Gasteiger partial charge in [0.2, 0.25) is 10.0 Å². The average molecular weight is 290 g/mol. The molecule has 0 bridgehead atoms. The van der Waals surface area contributed by atoms with Crippen LogP contribution in [0.4, 0.5) is 0 Å². The molecule has 0 atom stereocenters. The maximum absolute atomic E-state index is 12.5. The van der Waals surface area contributed by atoms with Crippen molar-refractivity contribution < 1.29 is 8.42 Å². The van der Waals surface area contributed by atoms with Gasteiger partial charge < -0.3 is 5.32 Å². The van der Waals surface area contributed by atoms with Gasteiger partial charge in [-0.05, 0) is 26.5 Å². The van der Waals surface area contributed by atoms with E-state index in [1.807, 2.05) is 27.8 Å². The summed E-state index contributed by atoms with van der Waals surface area (Å²) in [6, 6.07) is 1.80. The molecule has 1 aromatic heterocycles. The quantitative estimate of drug-likeness (QED) is 0.837. The second-order valence-corrected chi connectivity index (χ2v) is 7.41. The van der Waals surface area contributed by atoms with Gasteiger partial charge in [-0.3, -0.25) is 0 Å². The molecule has 0 aliphatic rings. The van der Waals surface area contributed by atoms with Gasteiger partial charge in [-0.2, -0.15) is 4.31 Å². The maximum atomic E-state index is 12.5. The first kappa shape index (κ1) is 15.6.